The number of methoxy groups -OCH3 is 1. The molecule has 1 nitrogen and oxygen atoms in total. The predicted molar refractivity (Wildman–Crippen MR) is 65.3 cm³/mol. The molecule has 0 heterocycles. The fourth-order valence-electron chi connectivity index (χ4n) is 1.55. The summed E-state index contributed by atoms with van der Waals surface area (Å²) in [5.74, 6) is 2.62. The van der Waals surface area contributed by atoms with Gasteiger partial charge in [0.1, 0.15) is 5.75 Å². The fraction of sp³-hybridized carbons (Fsp3) is 0.357. The van der Waals surface area contributed by atoms with E-state index in [0.29, 0.717) is 5.92 Å². The summed E-state index contributed by atoms with van der Waals surface area (Å²) in [6, 6.07) is 6.33. The molecule has 1 radical (unpaired) electrons. The zero-order chi connectivity index (χ0) is 11.4. The Kier molecular flexibility index (Phi) is 3.96. The van der Waals surface area contributed by atoms with Crippen LogP contribution >= 0.6 is 0 Å². The number of rotatable bonds is 4. The van der Waals surface area contributed by atoms with Gasteiger partial charge in [-0.1, -0.05) is 39.0 Å². The molecule has 0 amide bonds. The van der Waals surface area contributed by atoms with Crippen LogP contribution in [0.15, 0.2) is 30.9 Å². The Morgan fingerprint density at radius 2 is 2.07 bits per heavy atom. The molecule has 0 saturated heterocycles. The molecule has 1 aromatic rings. The van der Waals surface area contributed by atoms with Gasteiger partial charge in [-0.25, -0.2) is 0 Å². The number of hydrogen-bond donors (Lipinski definition) is 0. The highest BCUT2D eigenvalue weighted by molar-refractivity contribution is 5.45. The van der Waals surface area contributed by atoms with Crippen LogP contribution in [0.1, 0.15) is 37.8 Å². The van der Waals surface area contributed by atoms with Crippen molar-refractivity contribution < 1.29 is 4.74 Å². The highest BCUT2D eigenvalue weighted by atomic mass is 16.5. The summed E-state index contributed by atoms with van der Waals surface area (Å²) in [4.78, 5) is 0. The van der Waals surface area contributed by atoms with Crippen LogP contribution in [0.3, 0.4) is 0 Å². The van der Waals surface area contributed by atoms with Gasteiger partial charge >= 0.3 is 0 Å². The molecule has 1 aromatic carbocycles. The van der Waals surface area contributed by atoms with E-state index in [2.05, 4.69) is 45.5 Å². The van der Waals surface area contributed by atoms with Crippen molar-refractivity contribution in [3.63, 3.8) is 0 Å². The lowest BCUT2D eigenvalue weighted by atomic mass is 9.95. The first-order valence-electron chi connectivity index (χ1n) is 5.24. The molecule has 0 aliphatic heterocycles. The Labute approximate surface area is 92.8 Å². The molecule has 81 valence electrons. The zero-order valence-corrected chi connectivity index (χ0v) is 10.0. The quantitative estimate of drug-likeness (QED) is 0.720. The average Bonchev–Trinajstić information content (AvgIpc) is 2.26. The third-order valence-corrected chi connectivity index (χ3v) is 2.62. The van der Waals surface area contributed by atoms with E-state index >= 15 is 0 Å². The Hall–Kier alpha value is -1.24. The van der Waals surface area contributed by atoms with E-state index in [1.807, 2.05) is 6.08 Å². The lowest BCUT2D eigenvalue weighted by molar-refractivity contribution is 0.407. The van der Waals surface area contributed by atoms with Gasteiger partial charge in [0, 0.05) is 5.92 Å². The molecule has 0 spiro atoms. The highest BCUT2D eigenvalue weighted by Gasteiger charge is 2.10. The summed E-state index contributed by atoms with van der Waals surface area (Å²) in [5.41, 5.74) is 2.42. The smallest absolute Gasteiger partial charge is 0.122 e. The second-order valence-electron chi connectivity index (χ2n) is 4.00. The van der Waals surface area contributed by atoms with Crippen molar-refractivity contribution in [2.75, 3.05) is 7.11 Å². The maximum absolute atomic E-state index is 5.39. The summed E-state index contributed by atoms with van der Waals surface area (Å²) >= 11 is 0. The summed E-state index contributed by atoms with van der Waals surface area (Å²) in [6.45, 7) is 10.2. The van der Waals surface area contributed by atoms with E-state index < -0.39 is 0 Å². The fourth-order valence-corrected chi connectivity index (χ4v) is 1.55. The molecule has 0 unspecified atom stereocenters. The van der Waals surface area contributed by atoms with Crippen LogP contribution in [0.25, 0.3) is 0 Å². The minimum atomic E-state index is 0.484. The standard InChI is InChI=1S/C14H19O/c1-6-11(4)12-7-8-13(10(2)3)14(9-12)15-5/h6-10H,1H2,2-5H3. The van der Waals surface area contributed by atoms with Gasteiger partial charge in [0.25, 0.3) is 0 Å². The summed E-state index contributed by atoms with van der Waals surface area (Å²) in [6.07, 6.45) is 1.86. The normalized spacial score (nSPS) is 10.8. The highest BCUT2D eigenvalue weighted by Crippen LogP contribution is 2.29. The molecule has 0 N–H and O–H groups in total. The first-order valence-corrected chi connectivity index (χ1v) is 5.24. The van der Waals surface area contributed by atoms with Gasteiger partial charge in [0.2, 0.25) is 0 Å². The van der Waals surface area contributed by atoms with Gasteiger partial charge in [-0.15, -0.1) is 6.58 Å². The summed E-state index contributed by atoms with van der Waals surface area (Å²) in [7, 11) is 1.72. The number of benzene rings is 1. The summed E-state index contributed by atoms with van der Waals surface area (Å²) < 4.78 is 5.39. The molecule has 15 heavy (non-hydrogen) atoms. The van der Waals surface area contributed by atoms with E-state index in [1.165, 1.54) is 17.0 Å². The Morgan fingerprint density at radius 1 is 1.40 bits per heavy atom. The first-order chi connectivity index (χ1) is 7.10. The van der Waals surface area contributed by atoms with Crippen molar-refractivity contribution >= 4 is 0 Å². The topological polar surface area (TPSA) is 9.23 Å². The second-order valence-corrected chi connectivity index (χ2v) is 4.00. The maximum Gasteiger partial charge on any atom is 0.122 e. The Morgan fingerprint density at radius 3 is 2.53 bits per heavy atom. The molecule has 0 aromatic heterocycles. The minimum absolute atomic E-state index is 0.484. The van der Waals surface area contributed by atoms with Crippen LogP contribution in [0.4, 0.5) is 0 Å². The lowest BCUT2D eigenvalue weighted by Crippen LogP contribution is -1.97. The molecule has 1 heteroatoms. The van der Waals surface area contributed by atoms with Crippen molar-refractivity contribution in [3.05, 3.63) is 47.9 Å². The molecular formula is C14H19O. The monoisotopic (exact) mass is 203 g/mol. The average molecular weight is 203 g/mol. The predicted octanol–water partition coefficient (Wildman–Crippen LogP) is 3.95. The van der Waals surface area contributed by atoms with Crippen LogP contribution in [0, 0.1) is 5.92 Å². The molecule has 0 aliphatic carbocycles. The van der Waals surface area contributed by atoms with Crippen LogP contribution in [0.5, 0.6) is 5.75 Å². The van der Waals surface area contributed by atoms with Gasteiger partial charge in [0.15, 0.2) is 0 Å². The molecule has 0 fully saturated rings. The number of ether oxygens (including phenoxy) is 1. The lowest BCUT2D eigenvalue weighted by Gasteiger charge is -2.14. The van der Waals surface area contributed by atoms with Crippen molar-refractivity contribution in [2.45, 2.75) is 26.7 Å². The maximum atomic E-state index is 5.39. The SMILES string of the molecule is C=C[C](C)c1ccc(C(C)C)c(OC)c1. The van der Waals surface area contributed by atoms with E-state index in [4.69, 9.17) is 4.74 Å². The van der Waals surface area contributed by atoms with E-state index in [1.54, 1.807) is 7.11 Å². The van der Waals surface area contributed by atoms with Crippen molar-refractivity contribution in [2.24, 2.45) is 0 Å². The first kappa shape index (κ1) is 11.8. The van der Waals surface area contributed by atoms with Crippen molar-refractivity contribution in [1.29, 1.82) is 0 Å². The van der Waals surface area contributed by atoms with Crippen molar-refractivity contribution in [1.82, 2.24) is 0 Å². The Bertz CT molecular complexity index is 339. The van der Waals surface area contributed by atoms with Crippen LogP contribution in [-0.2, 0) is 0 Å². The van der Waals surface area contributed by atoms with Crippen LogP contribution in [-0.4, -0.2) is 7.11 Å². The van der Waals surface area contributed by atoms with E-state index in [-0.39, 0.29) is 0 Å². The molecule has 0 atom stereocenters. The van der Waals surface area contributed by atoms with Crippen LogP contribution < -0.4 is 4.74 Å². The Balaban J connectivity index is 3.12. The van der Waals surface area contributed by atoms with Gasteiger partial charge in [-0.2, -0.15) is 0 Å². The number of allylic oxidation sites excluding steroid dienone is 1. The van der Waals surface area contributed by atoms with Crippen molar-refractivity contribution in [3.8, 4) is 5.75 Å². The largest absolute Gasteiger partial charge is 0.496 e. The molecule has 1 rings (SSSR count). The molecule has 0 aliphatic rings. The zero-order valence-electron chi connectivity index (χ0n) is 10.0. The third kappa shape index (κ3) is 2.62. The van der Waals surface area contributed by atoms with Gasteiger partial charge < -0.3 is 4.74 Å². The van der Waals surface area contributed by atoms with E-state index in [0.717, 1.165) is 5.75 Å². The van der Waals surface area contributed by atoms with Gasteiger partial charge in [-0.05, 0) is 23.1 Å². The van der Waals surface area contributed by atoms with Gasteiger partial charge in [0.05, 0.1) is 7.11 Å². The molecular weight excluding hydrogens is 184 g/mol. The van der Waals surface area contributed by atoms with Crippen LogP contribution in [0.2, 0.25) is 0 Å². The molecule has 0 saturated carbocycles. The van der Waals surface area contributed by atoms with E-state index in [9.17, 15) is 0 Å². The number of hydrogen-bond acceptors (Lipinski definition) is 1. The second kappa shape index (κ2) is 5.01. The third-order valence-electron chi connectivity index (χ3n) is 2.62. The molecule has 0 bridgehead atoms. The summed E-state index contributed by atoms with van der Waals surface area (Å²) in [5, 5.41) is 0. The minimum Gasteiger partial charge on any atom is -0.496 e. The van der Waals surface area contributed by atoms with Gasteiger partial charge in [-0.3, -0.25) is 0 Å².